The third-order valence-electron chi connectivity index (χ3n) is 10.3. The zero-order valence-corrected chi connectivity index (χ0v) is 24.2. The molecule has 0 unspecified atom stereocenters. The monoisotopic (exact) mass is 564 g/mol. The second kappa shape index (κ2) is 10.5. The van der Waals surface area contributed by atoms with E-state index < -0.39 is 0 Å². The van der Waals surface area contributed by atoms with E-state index in [1.165, 1.54) is 87.9 Å². The van der Waals surface area contributed by atoms with Crippen LogP contribution < -0.4 is 5.56 Å². The number of rotatable bonds is 4. The molecule has 0 bridgehead atoms. The molecular formula is C32H38Cl2N4O. The Morgan fingerprint density at radius 2 is 1.72 bits per heavy atom. The van der Waals surface area contributed by atoms with Crippen molar-refractivity contribution in [2.45, 2.75) is 75.2 Å². The number of halogens is 2. The van der Waals surface area contributed by atoms with Crippen LogP contribution in [0.1, 0.15) is 80.7 Å². The Bertz CT molecular complexity index is 1430. The molecule has 1 spiro atoms. The number of fused-ring (bicyclic) bond motifs is 7. The van der Waals surface area contributed by atoms with Gasteiger partial charge in [-0.15, -0.1) is 11.6 Å². The second-order valence-electron chi connectivity index (χ2n) is 12.2. The fraction of sp³-hybridized carbons (Fsp3) is 0.562. The molecule has 2 aromatic carbocycles. The predicted molar refractivity (Wildman–Crippen MR) is 160 cm³/mol. The Hall–Kier alpha value is -1.92. The zero-order valence-electron chi connectivity index (χ0n) is 22.7. The Balaban J connectivity index is 1.19. The molecule has 3 fully saturated rings. The minimum Gasteiger partial charge on any atom is -0.302 e. The topological polar surface area (TPSA) is 41.4 Å². The van der Waals surface area contributed by atoms with Gasteiger partial charge in [-0.25, -0.2) is 0 Å². The van der Waals surface area contributed by atoms with E-state index in [9.17, 15) is 4.79 Å². The number of likely N-dealkylation sites (tertiary alicyclic amines) is 2. The van der Waals surface area contributed by atoms with Crippen LogP contribution in [0.2, 0.25) is 5.02 Å². The van der Waals surface area contributed by atoms with Gasteiger partial charge in [-0.05, 0) is 99.9 Å². The molecule has 1 aliphatic carbocycles. The van der Waals surface area contributed by atoms with E-state index in [0.29, 0.717) is 16.3 Å². The molecule has 3 aromatic rings. The average molecular weight is 566 g/mol. The van der Waals surface area contributed by atoms with Gasteiger partial charge in [-0.1, -0.05) is 49.1 Å². The van der Waals surface area contributed by atoms with Crippen molar-refractivity contribution in [2.75, 3.05) is 38.6 Å². The van der Waals surface area contributed by atoms with Crippen LogP contribution in [-0.4, -0.2) is 64.0 Å². The van der Waals surface area contributed by atoms with Gasteiger partial charge in [0.15, 0.2) is 0 Å². The summed E-state index contributed by atoms with van der Waals surface area (Å²) in [5.41, 5.74) is 4.56. The molecule has 206 valence electrons. The van der Waals surface area contributed by atoms with Crippen LogP contribution in [0.25, 0.3) is 16.6 Å². The van der Waals surface area contributed by atoms with E-state index in [2.05, 4.69) is 32.6 Å². The zero-order chi connectivity index (χ0) is 26.6. The molecule has 7 rings (SSSR count). The van der Waals surface area contributed by atoms with Gasteiger partial charge in [0, 0.05) is 18.5 Å². The van der Waals surface area contributed by atoms with Crippen LogP contribution >= 0.6 is 23.2 Å². The maximum atomic E-state index is 13.2. The van der Waals surface area contributed by atoms with Gasteiger partial charge >= 0.3 is 0 Å². The minimum absolute atomic E-state index is 0.170. The van der Waals surface area contributed by atoms with Crippen molar-refractivity contribution in [3.05, 3.63) is 68.7 Å². The summed E-state index contributed by atoms with van der Waals surface area (Å²) in [7, 11) is 0. The molecular weight excluding hydrogens is 527 g/mol. The molecule has 3 aliphatic heterocycles. The van der Waals surface area contributed by atoms with Crippen molar-refractivity contribution in [3.63, 3.8) is 0 Å². The molecule has 4 aliphatic rings. The van der Waals surface area contributed by atoms with E-state index in [1.807, 2.05) is 12.1 Å². The number of aromatic nitrogens is 2. The lowest BCUT2D eigenvalue weighted by atomic mass is 9.69. The summed E-state index contributed by atoms with van der Waals surface area (Å²) in [6, 6.07) is 13.7. The number of piperidine rings is 2. The summed E-state index contributed by atoms with van der Waals surface area (Å²) in [6.45, 7) is 5.76. The Morgan fingerprint density at radius 1 is 0.949 bits per heavy atom. The number of hydrogen-bond donors (Lipinski definition) is 0. The maximum absolute atomic E-state index is 13.2. The lowest BCUT2D eigenvalue weighted by Crippen LogP contribution is -2.47. The first-order valence-electron chi connectivity index (χ1n) is 15.0. The molecule has 0 atom stereocenters. The summed E-state index contributed by atoms with van der Waals surface area (Å²) < 4.78 is 2.26. The highest BCUT2D eigenvalue weighted by molar-refractivity contribution is 6.35. The summed E-state index contributed by atoms with van der Waals surface area (Å²) in [5, 5.41) is 1.02. The number of benzene rings is 2. The van der Waals surface area contributed by atoms with Crippen molar-refractivity contribution in [2.24, 2.45) is 0 Å². The highest BCUT2D eigenvalue weighted by Crippen LogP contribution is 2.52. The molecule has 0 radical (unpaired) electrons. The lowest BCUT2D eigenvalue weighted by molar-refractivity contribution is 0.0897. The smallest absolute Gasteiger partial charge is 0.282 e. The van der Waals surface area contributed by atoms with Gasteiger partial charge in [0.25, 0.3) is 5.56 Å². The molecule has 0 N–H and O–H groups in total. The fourth-order valence-electron chi connectivity index (χ4n) is 8.17. The standard InChI is InChI=1S/C32H38Cl2N4O/c33-15-20-36-16-11-24(12-17-36)37-18-9-22(10-19-37)23-7-8-27-25(21-23)32(13-2-1-3-14-32)31-35-30(39)29-26(34)5-4-6-28(29)38(27)31/h4-8,21-22,24H,1-3,9-20H2. The first-order valence-corrected chi connectivity index (χ1v) is 15.9. The van der Waals surface area contributed by atoms with Crippen molar-refractivity contribution in [1.82, 2.24) is 19.4 Å². The molecule has 0 amide bonds. The first-order chi connectivity index (χ1) is 19.1. The van der Waals surface area contributed by atoms with Crippen LogP contribution in [-0.2, 0) is 5.41 Å². The van der Waals surface area contributed by atoms with Gasteiger partial charge in [-0.3, -0.25) is 9.36 Å². The van der Waals surface area contributed by atoms with Crippen molar-refractivity contribution >= 4 is 34.1 Å². The Morgan fingerprint density at radius 3 is 2.46 bits per heavy atom. The number of hydrogen-bond acceptors (Lipinski definition) is 4. The molecule has 1 aromatic heterocycles. The lowest BCUT2D eigenvalue weighted by Gasteiger charge is -2.42. The van der Waals surface area contributed by atoms with Crippen molar-refractivity contribution in [1.29, 1.82) is 0 Å². The summed E-state index contributed by atoms with van der Waals surface area (Å²) in [6.07, 6.45) is 10.7. The molecule has 1 saturated carbocycles. The van der Waals surface area contributed by atoms with Gasteiger partial charge in [-0.2, -0.15) is 4.98 Å². The van der Waals surface area contributed by atoms with Crippen LogP contribution in [0.5, 0.6) is 0 Å². The SMILES string of the molecule is O=c1nc2n(c3cccc(Cl)c13)-c1ccc(C3CCN(C4CCN(CCCl)CC4)CC3)cc1C21CCCCC1. The Labute approximate surface area is 241 Å². The third kappa shape index (κ3) is 4.36. The van der Waals surface area contributed by atoms with Crippen LogP contribution in [0.3, 0.4) is 0 Å². The van der Waals surface area contributed by atoms with Crippen LogP contribution in [0, 0.1) is 0 Å². The van der Waals surface area contributed by atoms with Crippen LogP contribution in [0.15, 0.2) is 41.2 Å². The molecule has 39 heavy (non-hydrogen) atoms. The van der Waals surface area contributed by atoms with Gasteiger partial charge < -0.3 is 9.80 Å². The van der Waals surface area contributed by atoms with E-state index in [4.69, 9.17) is 28.2 Å². The molecule has 5 nitrogen and oxygen atoms in total. The minimum atomic E-state index is -0.194. The van der Waals surface area contributed by atoms with E-state index in [0.717, 1.165) is 42.6 Å². The van der Waals surface area contributed by atoms with E-state index in [1.54, 1.807) is 6.07 Å². The predicted octanol–water partition coefficient (Wildman–Crippen LogP) is 6.49. The van der Waals surface area contributed by atoms with E-state index >= 15 is 0 Å². The van der Waals surface area contributed by atoms with Gasteiger partial charge in [0.1, 0.15) is 5.82 Å². The van der Waals surface area contributed by atoms with Gasteiger partial charge in [0.05, 0.1) is 27.0 Å². The third-order valence-corrected chi connectivity index (χ3v) is 10.7. The summed E-state index contributed by atoms with van der Waals surface area (Å²) in [4.78, 5) is 23.3. The summed E-state index contributed by atoms with van der Waals surface area (Å²) in [5.74, 6) is 2.26. The highest BCUT2D eigenvalue weighted by atomic mass is 35.5. The Kier molecular flexibility index (Phi) is 6.99. The molecule has 2 saturated heterocycles. The summed E-state index contributed by atoms with van der Waals surface area (Å²) >= 11 is 12.5. The second-order valence-corrected chi connectivity index (χ2v) is 13.0. The van der Waals surface area contributed by atoms with Crippen LogP contribution in [0.4, 0.5) is 0 Å². The normalized spacial score (nSPS) is 22.4. The van der Waals surface area contributed by atoms with Gasteiger partial charge in [0.2, 0.25) is 0 Å². The quantitative estimate of drug-likeness (QED) is 0.340. The maximum Gasteiger partial charge on any atom is 0.282 e. The van der Waals surface area contributed by atoms with E-state index in [-0.39, 0.29) is 11.0 Å². The largest absolute Gasteiger partial charge is 0.302 e. The highest BCUT2D eigenvalue weighted by Gasteiger charge is 2.47. The first kappa shape index (κ1) is 26.0. The number of nitrogens with zero attached hydrogens (tertiary/aromatic N) is 4. The van der Waals surface area contributed by atoms with Crippen molar-refractivity contribution < 1.29 is 0 Å². The average Bonchev–Trinajstić information content (AvgIpc) is 3.22. The molecule has 4 heterocycles. The fourth-order valence-corrected chi connectivity index (χ4v) is 8.66. The number of alkyl halides is 1. The van der Waals surface area contributed by atoms with Crippen molar-refractivity contribution in [3.8, 4) is 5.69 Å². The molecule has 7 heteroatoms.